The average Bonchev–Trinajstić information content (AvgIpc) is 2.63. The van der Waals surface area contributed by atoms with Crippen molar-refractivity contribution in [2.45, 2.75) is 13.0 Å². The lowest BCUT2D eigenvalue weighted by molar-refractivity contribution is -0.122. The second kappa shape index (κ2) is 9.77. The number of para-hydroxylation sites is 1. The Hall–Kier alpha value is -2.60. The number of halogens is 1. The number of nitrogens with zero attached hydrogens (tertiary/aromatic N) is 1. The van der Waals surface area contributed by atoms with E-state index in [9.17, 15) is 9.18 Å². The van der Waals surface area contributed by atoms with Gasteiger partial charge in [-0.3, -0.25) is 9.69 Å². The Morgan fingerprint density at radius 3 is 2.58 bits per heavy atom. The molecular formula is C20H25FN2O3. The van der Waals surface area contributed by atoms with E-state index < -0.39 is 0 Å². The Morgan fingerprint density at radius 2 is 1.88 bits per heavy atom. The van der Waals surface area contributed by atoms with Gasteiger partial charge in [-0.15, -0.1) is 0 Å². The fraction of sp³-hybridized carbons (Fsp3) is 0.350. The van der Waals surface area contributed by atoms with Crippen molar-refractivity contribution in [2.24, 2.45) is 0 Å². The van der Waals surface area contributed by atoms with Gasteiger partial charge in [0.05, 0.1) is 19.7 Å². The zero-order chi connectivity index (χ0) is 18.9. The number of carbonyl (C=O) groups is 1. The number of ether oxygens (including phenoxy) is 2. The zero-order valence-corrected chi connectivity index (χ0v) is 15.4. The third kappa shape index (κ3) is 6.04. The number of hydrogen-bond donors (Lipinski definition) is 1. The minimum atomic E-state index is -0.296. The van der Waals surface area contributed by atoms with Crippen LogP contribution in [-0.4, -0.2) is 44.7 Å². The molecule has 0 heterocycles. The van der Waals surface area contributed by atoms with Crippen LogP contribution >= 0.6 is 0 Å². The van der Waals surface area contributed by atoms with Crippen LogP contribution in [0.3, 0.4) is 0 Å². The molecule has 0 saturated heterocycles. The summed E-state index contributed by atoms with van der Waals surface area (Å²) in [5.74, 6) is 0.985. The van der Waals surface area contributed by atoms with E-state index in [1.807, 2.05) is 43.1 Å². The monoisotopic (exact) mass is 360 g/mol. The van der Waals surface area contributed by atoms with E-state index in [2.05, 4.69) is 5.32 Å². The molecule has 0 saturated carbocycles. The van der Waals surface area contributed by atoms with Gasteiger partial charge >= 0.3 is 0 Å². The lowest BCUT2D eigenvalue weighted by atomic mass is 10.1. The van der Waals surface area contributed by atoms with Gasteiger partial charge < -0.3 is 14.8 Å². The van der Waals surface area contributed by atoms with Crippen molar-refractivity contribution in [3.8, 4) is 11.5 Å². The summed E-state index contributed by atoms with van der Waals surface area (Å²) in [6.45, 7) is 3.17. The van der Waals surface area contributed by atoms with Crippen LogP contribution in [0.25, 0.3) is 0 Å². The van der Waals surface area contributed by atoms with Crippen LogP contribution in [0, 0.1) is 5.82 Å². The molecule has 2 rings (SSSR count). The van der Waals surface area contributed by atoms with Crippen LogP contribution in [0.4, 0.5) is 4.39 Å². The summed E-state index contributed by atoms with van der Waals surface area (Å²) in [6, 6.07) is 13.3. The molecule has 0 fully saturated rings. The highest BCUT2D eigenvalue weighted by Crippen LogP contribution is 2.24. The molecule has 0 aliphatic heterocycles. The normalized spacial score (nSPS) is 11.9. The van der Waals surface area contributed by atoms with E-state index in [0.717, 1.165) is 11.3 Å². The first kappa shape index (κ1) is 19.7. The molecule has 26 heavy (non-hydrogen) atoms. The first-order valence-corrected chi connectivity index (χ1v) is 8.48. The third-order valence-corrected chi connectivity index (χ3v) is 3.95. The van der Waals surface area contributed by atoms with Crippen LogP contribution in [0.2, 0.25) is 0 Å². The van der Waals surface area contributed by atoms with E-state index in [0.29, 0.717) is 18.9 Å². The first-order valence-electron chi connectivity index (χ1n) is 8.48. The SMILES string of the molecule is COc1ccccc1C(C)NC(=O)CN(C)CCOc1ccc(F)cc1. The molecule has 0 bridgehead atoms. The molecular weight excluding hydrogens is 335 g/mol. The van der Waals surface area contributed by atoms with Gasteiger partial charge in [0.25, 0.3) is 0 Å². The maximum atomic E-state index is 12.8. The van der Waals surface area contributed by atoms with Gasteiger partial charge in [0.15, 0.2) is 0 Å². The van der Waals surface area contributed by atoms with E-state index >= 15 is 0 Å². The Morgan fingerprint density at radius 1 is 1.19 bits per heavy atom. The van der Waals surface area contributed by atoms with E-state index in [4.69, 9.17) is 9.47 Å². The lowest BCUT2D eigenvalue weighted by Crippen LogP contribution is -2.38. The predicted octanol–water partition coefficient (Wildman–Crippen LogP) is 3.02. The maximum absolute atomic E-state index is 12.8. The van der Waals surface area contributed by atoms with Crippen molar-refractivity contribution in [2.75, 3.05) is 33.9 Å². The summed E-state index contributed by atoms with van der Waals surface area (Å²) < 4.78 is 23.7. The highest BCUT2D eigenvalue weighted by Gasteiger charge is 2.14. The standard InChI is InChI=1S/C20H25FN2O3/c1-15(18-6-4-5-7-19(18)25-3)22-20(24)14-23(2)12-13-26-17-10-8-16(21)9-11-17/h4-11,15H,12-14H2,1-3H3,(H,22,24). The molecule has 0 spiro atoms. The first-order chi connectivity index (χ1) is 12.5. The van der Waals surface area contributed by atoms with Gasteiger partial charge in [-0.2, -0.15) is 0 Å². The van der Waals surface area contributed by atoms with Gasteiger partial charge in [0.2, 0.25) is 5.91 Å². The summed E-state index contributed by atoms with van der Waals surface area (Å²) in [4.78, 5) is 14.1. The highest BCUT2D eigenvalue weighted by molar-refractivity contribution is 5.78. The number of hydrogen-bond acceptors (Lipinski definition) is 4. The van der Waals surface area contributed by atoms with Crippen molar-refractivity contribution >= 4 is 5.91 Å². The minimum Gasteiger partial charge on any atom is -0.496 e. The molecule has 1 N–H and O–H groups in total. The van der Waals surface area contributed by atoms with Gasteiger partial charge in [0.1, 0.15) is 23.9 Å². The van der Waals surface area contributed by atoms with Crippen molar-refractivity contribution in [3.05, 3.63) is 59.9 Å². The van der Waals surface area contributed by atoms with Crippen LogP contribution in [-0.2, 0) is 4.79 Å². The second-order valence-electron chi connectivity index (χ2n) is 6.07. The minimum absolute atomic E-state index is 0.0762. The van der Waals surface area contributed by atoms with Gasteiger partial charge in [-0.25, -0.2) is 4.39 Å². The Balaban J connectivity index is 1.75. The number of likely N-dealkylation sites (N-methyl/N-ethyl adjacent to an activating group) is 1. The molecule has 6 heteroatoms. The molecule has 5 nitrogen and oxygen atoms in total. The van der Waals surface area contributed by atoms with Gasteiger partial charge in [0, 0.05) is 12.1 Å². The summed E-state index contributed by atoms with van der Waals surface area (Å²) in [6.07, 6.45) is 0. The van der Waals surface area contributed by atoms with Crippen LogP contribution in [0.5, 0.6) is 11.5 Å². The third-order valence-electron chi connectivity index (χ3n) is 3.95. The summed E-state index contributed by atoms with van der Waals surface area (Å²) in [5, 5.41) is 2.97. The zero-order valence-electron chi connectivity index (χ0n) is 15.4. The second-order valence-corrected chi connectivity index (χ2v) is 6.07. The molecule has 1 amide bonds. The Kier molecular flexibility index (Phi) is 7.41. The largest absolute Gasteiger partial charge is 0.496 e. The molecule has 2 aromatic rings. The topological polar surface area (TPSA) is 50.8 Å². The lowest BCUT2D eigenvalue weighted by Gasteiger charge is -2.20. The molecule has 0 aliphatic carbocycles. The summed E-state index contributed by atoms with van der Waals surface area (Å²) in [7, 11) is 3.46. The van der Waals surface area contributed by atoms with E-state index in [1.165, 1.54) is 12.1 Å². The quantitative estimate of drug-likeness (QED) is 0.747. The fourth-order valence-corrected chi connectivity index (χ4v) is 2.56. The number of methoxy groups -OCH3 is 1. The van der Waals surface area contributed by atoms with E-state index in [-0.39, 0.29) is 24.3 Å². The van der Waals surface area contributed by atoms with Crippen molar-refractivity contribution in [1.82, 2.24) is 10.2 Å². The molecule has 1 atom stereocenters. The number of rotatable bonds is 9. The predicted molar refractivity (Wildman–Crippen MR) is 98.9 cm³/mol. The van der Waals surface area contributed by atoms with Crippen molar-refractivity contribution < 1.29 is 18.7 Å². The summed E-state index contributed by atoms with van der Waals surface area (Å²) in [5.41, 5.74) is 0.936. The number of nitrogens with one attached hydrogen (secondary N) is 1. The average molecular weight is 360 g/mol. The molecule has 1 unspecified atom stereocenters. The van der Waals surface area contributed by atoms with Gasteiger partial charge in [-0.05, 0) is 44.3 Å². The smallest absolute Gasteiger partial charge is 0.234 e. The Labute approximate surface area is 153 Å². The molecule has 2 aromatic carbocycles. The number of amides is 1. The summed E-state index contributed by atoms with van der Waals surface area (Å²) >= 11 is 0. The van der Waals surface area contributed by atoms with Crippen LogP contribution < -0.4 is 14.8 Å². The number of benzene rings is 2. The van der Waals surface area contributed by atoms with Gasteiger partial charge in [-0.1, -0.05) is 18.2 Å². The Bertz CT molecular complexity index is 706. The molecule has 0 radical (unpaired) electrons. The van der Waals surface area contributed by atoms with E-state index in [1.54, 1.807) is 19.2 Å². The maximum Gasteiger partial charge on any atom is 0.234 e. The number of carbonyl (C=O) groups excluding carboxylic acids is 1. The van der Waals surface area contributed by atoms with Crippen LogP contribution in [0.15, 0.2) is 48.5 Å². The molecule has 140 valence electrons. The van der Waals surface area contributed by atoms with Crippen molar-refractivity contribution in [1.29, 1.82) is 0 Å². The van der Waals surface area contributed by atoms with Crippen molar-refractivity contribution in [3.63, 3.8) is 0 Å². The molecule has 0 aromatic heterocycles. The molecule has 0 aliphatic rings. The van der Waals surface area contributed by atoms with Crippen LogP contribution in [0.1, 0.15) is 18.5 Å². The highest BCUT2D eigenvalue weighted by atomic mass is 19.1. The fourth-order valence-electron chi connectivity index (χ4n) is 2.56.